The summed E-state index contributed by atoms with van der Waals surface area (Å²) in [6.07, 6.45) is 11.4. The second kappa shape index (κ2) is 4.17. The molecule has 0 radical (unpaired) electrons. The Balaban J connectivity index is 1.67. The SMILES string of the molecule is Cc1cncc(NC(C)C2CC3C=CC2C3)c1. The van der Waals surface area contributed by atoms with Gasteiger partial charge in [-0.1, -0.05) is 12.2 Å². The Labute approximate surface area is 103 Å². The first-order chi connectivity index (χ1) is 8.22. The van der Waals surface area contributed by atoms with Crippen LogP contribution in [-0.2, 0) is 0 Å². The van der Waals surface area contributed by atoms with Gasteiger partial charge in [0, 0.05) is 18.4 Å². The van der Waals surface area contributed by atoms with Crippen LogP contribution < -0.4 is 5.32 Å². The van der Waals surface area contributed by atoms with E-state index in [1.54, 1.807) is 0 Å². The molecule has 4 unspecified atom stereocenters. The van der Waals surface area contributed by atoms with E-state index in [1.807, 2.05) is 12.4 Å². The third-order valence-electron chi connectivity index (χ3n) is 4.24. The van der Waals surface area contributed by atoms with Crippen LogP contribution in [0.5, 0.6) is 0 Å². The highest BCUT2D eigenvalue weighted by Gasteiger charge is 2.38. The summed E-state index contributed by atoms with van der Waals surface area (Å²) >= 11 is 0. The zero-order chi connectivity index (χ0) is 11.8. The lowest BCUT2D eigenvalue weighted by Gasteiger charge is -2.27. The van der Waals surface area contributed by atoms with Crippen LogP contribution in [0.3, 0.4) is 0 Å². The molecule has 1 fully saturated rings. The number of rotatable bonds is 3. The molecule has 90 valence electrons. The number of aromatic nitrogens is 1. The maximum Gasteiger partial charge on any atom is 0.0531 e. The fraction of sp³-hybridized carbons (Fsp3) is 0.533. The summed E-state index contributed by atoms with van der Waals surface area (Å²) in [4.78, 5) is 4.24. The van der Waals surface area contributed by atoms with E-state index in [1.165, 1.54) is 18.4 Å². The number of hydrogen-bond donors (Lipinski definition) is 1. The van der Waals surface area contributed by atoms with Gasteiger partial charge in [0.25, 0.3) is 0 Å². The van der Waals surface area contributed by atoms with Crippen molar-refractivity contribution < 1.29 is 0 Å². The summed E-state index contributed by atoms with van der Waals surface area (Å²) in [5.74, 6) is 2.45. The van der Waals surface area contributed by atoms with Crippen LogP contribution in [0.25, 0.3) is 0 Å². The molecule has 0 spiro atoms. The van der Waals surface area contributed by atoms with Gasteiger partial charge in [-0.05, 0) is 56.1 Å². The van der Waals surface area contributed by atoms with Gasteiger partial charge < -0.3 is 5.32 Å². The summed E-state index contributed by atoms with van der Waals surface area (Å²) in [7, 11) is 0. The molecule has 2 aliphatic rings. The van der Waals surface area contributed by atoms with Crippen LogP contribution in [-0.4, -0.2) is 11.0 Å². The van der Waals surface area contributed by atoms with Gasteiger partial charge in [0.2, 0.25) is 0 Å². The molecule has 0 aromatic carbocycles. The van der Waals surface area contributed by atoms with Crippen LogP contribution >= 0.6 is 0 Å². The Kier molecular flexibility index (Phi) is 2.65. The monoisotopic (exact) mass is 228 g/mol. The molecule has 1 saturated carbocycles. The van der Waals surface area contributed by atoms with Crippen molar-refractivity contribution in [1.82, 2.24) is 4.98 Å². The average Bonchev–Trinajstić information content (AvgIpc) is 2.90. The second-order valence-electron chi connectivity index (χ2n) is 5.63. The maximum atomic E-state index is 4.24. The van der Waals surface area contributed by atoms with Crippen molar-refractivity contribution in [2.75, 3.05) is 5.32 Å². The molecule has 17 heavy (non-hydrogen) atoms. The van der Waals surface area contributed by atoms with E-state index in [0.717, 1.165) is 23.4 Å². The quantitative estimate of drug-likeness (QED) is 0.802. The van der Waals surface area contributed by atoms with Crippen molar-refractivity contribution in [3.05, 3.63) is 36.2 Å². The van der Waals surface area contributed by atoms with Gasteiger partial charge >= 0.3 is 0 Å². The molecular formula is C15H20N2. The molecule has 0 amide bonds. The zero-order valence-electron chi connectivity index (χ0n) is 10.6. The van der Waals surface area contributed by atoms with Crippen LogP contribution in [0.2, 0.25) is 0 Å². The van der Waals surface area contributed by atoms with Crippen molar-refractivity contribution in [1.29, 1.82) is 0 Å². The van der Waals surface area contributed by atoms with Gasteiger partial charge in [0.1, 0.15) is 0 Å². The highest BCUT2D eigenvalue weighted by atomic mass is 14.9. The summed E-state index contributed by atoms with van der Waals surface area (Å²) in [6.45, 7) is 4.39. The molecule has 1 aromatic heterocycles. The summed E-state index contributed by atoms with van der Waals surface area (Å²) in [5, 5.41) is 3.61. The lowest BCUT2D eigenvalue weighted by atomic mass is 9.87. The third kappa shape index (κ3) is 2.08. The fourth-order valence-corrected chi connectivity index (χ4v) is 3.40. The molecule has 0 saturated heterocycles. The van der Waals surface area contributed by atoms with E-state index in [4.69, 9.17) is 0 Å². The average molecular weight is 228 g/mol. The van der Waals surface area contributed by atoms with E-state index in [9.17, 15) is 0 Å². The number of nitrogens with one attached hydrogen (secondary N) is 1. The first-order valence-corrected chi connectivity index (χ1v) is 6.59. The van der Waals surface area contributed by atoms with Crippen molar-refractivity contribution in [2.45, 2.75) is 32.7 Å². The highest BCUT2D eigenvalue weighted by Crippen LogP contribution is 2.45. The second-order valence-corrected chi connectivity index (χ2v) is 5.63. The number of allylic oxidation sites excluding steroid dienone is 2. The van der Waals surface area contributed by atoms with Crippen LogP contribution in [0.15, 0.2) is 30.6 Å². The van der Waals surface area contributed by atoms with Crippen molar-refractivity contribution in [2.24, 2.45) is 17.8 Å². The number of hydrogen-bond acceptors (Lipinski definition) is 2. The van der Waals surface area contributed by atoms with E-state index in [0.29, 0.717) is 6.04 Å². The predicted molar refractivity (Wildman–Crippen MR) is 70.9 cm³/mol. The molecule has 4 atom stereocenters. The first-order valence-electron chi connectivity index (χ1n) is 6.59. The molecule has 0 aliphatic heterocycles. The minimum absolute atomic E-state index is 0.540. The van der Waals surface area contributed by atoms with E-state index in [-0.39, 0.29) is 0 Å². The van der Waals surface area contributed by atoms with E-state index >= 15 is 0 Å². The Morgan fingerprint density at radius 1 is 1.29 bits per heavy atom. The highest BCUT2D eigenvalue weighted by molar-refractivity contribution is 5.43. The smallest absolute Gasteiger partial charge is 0.0531 e. The summed E-state index contributed by atoms with van der Waals surface area (Å²) < 4.78 is 0. The minimum Gasteiger partial charge on any atom is -0.381 e. The largest absolute Gasteiger partial charge is 0.381 e. The Morgan fingerprint density at radius 3 is 2.82 bits per heavy atom. The molecule has 2 bridgehead atoms. The summed E-state index contributed by atoms with van der Waals surface area (Å²) in [6, 6.07) is 2.71. The number of aryl methyl sites for hydroxylation is 1. The van der Waals surface area contributed by atoms with Gasteiger partial charge in [-0.2, -0.15) is 0 Å². The Hall–Kier alpha value is -1.31. The van der Waals surface area contributed by atoms with E-state index < -0.39 is 0 Å². The standard InChI is InChI=1S/C15H20N2/c1-10-5-14(9-16-8-10)17-11(2)15-7-12-3-4-13(15)6-12/h3-5,8-9,11-13,15,17H,6-7H2,1-2H3. The molecule has 1 aromatic rings. The Bertz CT molecular complexity index is 438. The van der Waals surface area contributed by atoms with Crippen molar-refractivity contribution in [3.63, 3.8) is 0 Å². The molecule has 2 nitrogen and oxygen atoms in total. The number of anilines is 1. The Morgan fingerprint density at radius 2 is 2.18 bits per heavy atom. The molecule has 2 heteroatoms. The molecular weight excluding hydrogens is 208 g/mol. The minimum atomic E-state index is 0.540. The fourth-order valence-electron chi connectivity index (χ4n) is 3.40. The van der Waals surface area contributed by atoms with Gasteiger partial charge in [-0.15, -0.1) is 0 Å². The normalized spacial score (nSPS) is 31.8. The van der Waals surface area contributed by atoms with Crippen LogP contribution in [0.1, 0.15) is 25.3 Å². The van der Waals surface area contributed by atoms with Crippen molar-refractivity contribution in [3.8, 4) is 0 Å². The van der Waals surface area contributed by atoms with Crippen LogP contribution in [0, 0.1) is 24.7 Å². The topological polar surface area (TPSA) is 24.9 Å². The maximum absolute atomic E-state index is 4.24. The van der Waals surface area contributed by atoms with Gasteiger partial charge in [0.05, 0.1) is 5.69 Å². The number of nitrogens with zero attached hydrogens (tertiary/aromatic N) is 1. The molecule has 1 heterocycles. The first kappa shape index (κ1) is 10.8. The van der Waals surface area contributed by atoms with Gasteiger partial charge in [0.15, 0.2) is 0 Å². The van der Waals surface area contributed by atoms with Crippen molar-refractivity contribution >= 4 is 5.69 Å². The van der Waals surface area contributed by atoms with Crippen LogP contribution in [0.4, 0.5) is 5.69 Å². The molecule has 1 N–H and O–H groups in total. The molecule has 2 aliphatic carbocycles. The number of fused-ring (bicyclic) bond motifs is 2. The van der Waals surface area contributed by atoms with Gasteiger partial charge in [-0.3, -0.25) is 4.98 Å². The molecule has 3 rings (SSSR count). The van der Waals surface area contributed by atoms with Gasteiger partial charge in [-0.25, -0.2) is 0 Å². The zero-order valence-corrected chi connectivity index (χ0v) is 10.6. The summed E-state index contributed by atoms with van der Waals surface area (Å²) in [5.41, 5.74) is 2.37. The predicted octanol–water partition coefficient (Wildman–Crippen LogP) is 3.40. The van der Waals surface area contributed by atoms with E-state index in [2.05, 4.69) is 42.4 Å². The lowest BCUT2D eigenvalue weighted by molar-refractivity contribution is 0.400. The number of pyridine rings is 1. The third-order valence-corrected chi connectivity index (χ3v) is 4.24. The lowest BCUT2D eigenvalue weighted by Crippen LogP contribution is -2.28.